The van der Waals surface area contributed by atoms with Crippen LogP contribution in [0.15, 0.2) is 0 Å². The molecule has 16 heavy (non-hydrogen) atoms. The third kappa shape index (κ3) is 2.40. The second-order valence-electron chi connectivity index (χ2n) is 4.41. The molecule has 1 saturated heterocycles. The Morgan fingerprint density at radius 1 is 1.38 bits per heavy atom. The average Bonchev–Trinajstić information content (AvgIpc) is 2.73. The van der Waals surface area contributed by atoms with Crippen molar-refractivity contribution in [3.05, 3.63) is 0 Å². The lowest BCUT2D eigenvalue weighted by Gasteiger charge is -2.36. The number of hydrogen-bond donors (Lipinski definition) is 1. The zero-order valence-electron chi connectivity index (χ0n) is 9.34. The van der Waals surface area contributed by atoms with Crippen molar-refractivity contribution in [2.45, 2.75) is 37.8 Å². The molecule has 1 aliphatic heterocycles. The summed E-state index contributed by atoms with van der Waals surface area (Å²) in [5.74, 6) is 0.0483. The van der Waals surface area contributed by atoms with Gasteiger partial charge in [0.15, 0.2) is 0 Å². The first-order chi connectivity index (χ1) is 7.65. The van der Waals surface area contributed by atoms with Crippen molar-refractivity contribution in [2.24, 2.45) is 0 Å². The van der Waals surface area contributed by atoms with Crippen molar-refractivity contribution in [1.29, 1.82) is 0 Å². The van der Waals surface area contributed by atoms with Crippen LogP contribution in [-0.2, 0) is 14.8 Å². The fourth-order valence-electron chi connectivity index (χ4n) is 2.60. The van der Waals surface area contributed by atoms with E-state index in [1.54, 1.807) is 4.31 Å². The molecule has 1 N–H and O–H groups in total. The smallest absolute Gasteiger partial charge is 0.214 e. The normalized spacial score (nSPS) is 31.6. The van der Waals surface area contributed by atoms with Crippen molar-refractivity contribution in [3.63, 3.8) is 0 Å². The minimum Gasteiger partial charge on any atom is -0.396 e. The maximum Gasteiger partial charge on any atom is 0.214 e. The highest BCUT2D eigenvalue weighted by Gasteiger charge is 2.41. The molecule has 0 bridgehead atoms. The van der Waals surface area contributed by atoms with Gasteiger partial charge in [-0.15, -0.1) is 0 Å². The Labute approximate surface area is 96.4 Å². The van der Waals surface area contributed by atoms with Gasteiger partial charge in [0.05, 0.1) is 24.5 Å². The number of nitrogens with zero attached hydrogens (tertiary/aromatic N) is 1. The second-order valence-corrected chi connectivity index (χ2v) is 6.45. The van der Waals surface area contributed by atoms with Crippen LogP contribution >= 0.6 is 0 Å². The summed E-state index contributed by atoms with van der Waals surface area (Å²) in [6.45, 7) is 0.895. The van der Waals surface area contributed by atoms with E-state index in [-0.39, 0.29) is 24.5 Å². The number of hydrogen-bond acceptors (Lipinski definition) is 4. The maximum atomic E-state index is 12.0. The van der Waals surface area contributed by atoms with Crippen molar-refractivity contribution in [1.82, 2.24) is 4.31 Å². The van der Waals surface area contributed by atoms with E-state index in [1.165, 1.54) is 0 Å². The van der Waals surface area contributed by atoms with E-state index in [1.807, 2.05) is 0 Å². The summed E-state index contributed by atoms with van der Waals surface area (Å²) < 4.78 is 31.3. The van der Waals surface area contributed by atoms with Gasteiger partial charge in [-0.3, -0.25) is 0 Å². The fourth-order valence-corrected chi connectivity index (χ4v) is 4.33. The third-order valence-electron chi connectivity index (χ3n) is 3.35. The molecule has 0 aromatic carbocycles. The third-order valence-corrected chi connectivity index (χ3v) is 5.32. The monoisotopic (exact) mass is 249 g/mol. The second kappa shape index (κ2) is 5.00. The molecule has 0 aromatic rings. The Balaban J connectivity index is 2.07. The van der Waals surface area contributed by atoms with Crippen LogP contribution in [0.3, 0.4) is 0 Å². The van der Waals surface area contributed by atoms with Gasteiger partial charge in [-0.1, -0.05) is 0 Å². The number of aliphatic hydroxyl groups is 1. The highest BCUT2D eigenvalue weighted by molar-refractivity contribution is 7.89. The van der Waals surface area contributed by atoms with Gasteiger partial charge < -0.3 is 9.84 Å². The molecule has 2 fully saturated rings. The first-order valence-electron chi connectivity index (χ1n) is 5.87. The fraction of sp³-hybridized carbons (Fsp3) is 1.00. The van der Waals surface area contributed by atoms with Gasteiger partial charge in [-0.05, 0) is 25.7 Å². The van der Waals surface area contributed by atoms with Crippen LogP contribution in [0.5, 0.6) is 0 Å². The van der Waals surface area contributed by atoms with E-state index < -0.39 is 10.0 Å². The van der Waals surface area contributed by atoms with Crippen LogP contribution in [0.25, 0.3) is 0 Å². The van der Waals surface area contributed by atoms with Crippen molar-refractivity contribution in [3.8, 4) is 0 Å². The highest BCUT2D eigenvalue weighted by Crippen LogP contribution is 2.31. The number of morpholine rings is 1. The molecule has 94 valence electrons. The number of sulfonamides is 1. The maximum absolute atomic E-state index is 12.0. The molecule has 0 radical (unpaired) electrons. The average molecular weight is 249 g/mol. The van der Waals surface area contributed by atoms with Crippen LogP contribution in [0.1, 0.15) is 25.7 Å². The van der Waals surface area contributed by atoms with Crippen LogP contribution in [0.2, 0.25) is 0 Å². The molecule has 2 unspecified atom stereocenters. The highest BCUT2D eigenvalue weighted by atomic mass is 32.2. The standard InChI is InChI=1S/C10H19NO4S/c12-6-2-8-16(13,14)11-5-7-15-10-4-1-3-9(10)11/h9-10,12H,1-8H2. The lowest BCUT2D eigenvalue weighted by Crippen LogP contribution is -2.51. The van der Waals surface area contributed by atoms with Gasteiger partial charge in [0, 0.05) is 13.2 Å². The number of aliphatic hydroxyl groups excluding tert-OH is 1. The molecule has 1 saturated carbocycles. The Bertz CT molecular complexity index is 330. The van der Waals surface area contributed by atoms with Gasteiger partial charge in [0.1, 0.15) is 0 Å². The molecule has 0 amide bonds. The summed E-state index contributed by atoms with van der Waals surface area (Å²) in [4.78, 5) is 0. The molecule has 1 aliphatic carbocycles. The summed E-state index contributed by atoms with van der Waals surface area (Å²) in [5, 5.41) is 8.71. The first kappa shape index (κ1) is 12.3. The van der Waals surface area contributed by atoms with E-state index in [0.717, 1.165) is 19.3 Å². The number of rotatable bonds is 4. The summed E-state index contributed by atoms with van der Waals surface area (Å²) in [6.07, 6.45) is 3.33. The van der Waals surface area contributed by atoms with Crippen LogP contribution in [0, 0.1) is 0 Å². The lowest BCUT2D eigenvalue weighted by atomic mass is 10.2. The van der Waals surface area contributed by atoms with Crippen molar-refractivity contribution in [2.75, 3.05) is 25.5 Å². The minimum absolute atomic E-state index is 0.0393. The number of fused-ring (bicyclic) bond motifs is 1. The van der Waals surface area contributed by atoms with E-state index in [9.17, 15) is 8.42 Å². The minimum atomic E-state index is -3.21. The quantitative estimate of drug-likeness (QED) is 0.758. The Morgan fingerprint density at radius 3 is 2.94 bits per heavy atom. The van der Waals surface area contributed by atoms with Gasteiger partial charge >= 0.3 is 0 Å². The molecule has 1 heterocycles. The largest absolute Gasteiger partial charge is 0.396 e. The molecular weight excluding hydrogens is 230 g/mol. The molecule has 6 heteroatoms. The van der Waals surface area contributed by atoms with Gasteiger partial charge in [-0.2, -0.15) is 4.31 Å². The topological polar surface area (TPSA) is 66.8 Å². The zero-order valence-corrected chi connectivity index (χ0v) is 10.2. The van der Waals surface area contributed by atoms with E-state index in [0.29, 0.717) is 19.6 Å². The van der Waals surface area contributed by atoms with Crippen LogP contribution in [0.4, 0.5) is 0 Å². The SMILES string of the molecule is O=S(=O)(CCCO)N1CCOC2CCCC21. The van der Waals surface area contributed by atoms with E-state index in [2.05, 4.69) is 0 Å². The van der Waals surface area contributed by atoms with Gasteiger partial charge in [0.2, 0.25) is 10.0 Å². The molecule has 5 nitrogen and oxygen atoms in total. The molecule has 2 rings (SSSR count). The summed E-state index contributed by atoms with van der Waals surface area (Å²) in [5.41, 5.74) is 0. The zero-order chi connectivity index (χ0) is 11.6. The Kier molecular flexibility index (Phi) is 3.84. The molecule has 2 atom stereocenters. The summed E-state index contributed by atoms with van der Waals surface area (Å²) in [7, 11) is -3.21. The molecule has 0 aromatic heterocycles. The lowest BCUT2D eigenvalue weighted by molar-refractivity contribution is -0.0241. The molecular formula is C10H19NO4S. The Morgan fingerprint density at radius 2 is 2.19 bits per heavy atom. The van der Waals surface area contributed by atoms with E-state index in [4.69, 9.17) is 9.84 Å². The van der Waals surface area contributed by atoms with E-state index >= 15 is 0 Å². The summed E-state index contributed by atoms with van der Waals surface area (Å²) in [6, 6.07) is 0.0393. The van der Waals surface area contributed by atoms with Crippen LogP contribution < -0.4 is 0 Å². The first-order valence-corrected chi connectivity index (χ1v) is 7.48. The Hall–Kier alpha value is -0.170. The predicted octanol–water partition coefficient (Wildman–Crippen LogP) is -0.0481. The van der Waals surface area contributed by atoms with Crippen molar-refractivity contribution < 1.29 is 18.3 Å². The van der Waals surface area contributed by atoms with Gasteiger partial charge in [0.25, 0.3) is 0 Å². The van der Waals surface area contributed by atoms with Crippen LogP contribution in [-0.4, -0.2) is 55.5 Å². The molecule has 0 spiro atoms. The summed E-state index contributed by atoms with van der Waals surface area (Å²) >= 11 is 0. The predicted molar refractivity (Wildman–Crippen MR) is 59.6 cm³/mol. The molecule has 2 aliphatic rings. The van der Waals surface area contributed by atoms with Gasteiger partial charge in [-0.25, -0.2) is 8.42 Å². The number of ether oxygens (including phenoxy) is 1. The van der Waals surface area contributed by atoms with Crippen molar-refractivity contribution >= 4 is 10.0 Å².